The molecule has 0 unspecified atom stereocenters. The molecular formula is C22H26N2O3. The number of benzene rings is 2. The number of anilines is 1. The van der Waals surface area contributed by atoms with Gasteiger partial charge in [-0.25, -0.2) is 0 Å². The maximum Gasteiger partial charge on any atom is 0.241 e. The average Bonchev–Trinajstić information content (AvgIpc) is 2.67. The molecule has 0 saturated carbocycles. The van der Waals surface area contributed by atoms with Crippen LogP contribution in [0.25, 0.3) is 0 Å². The van der Waals surface area contributed by atoms with Gasteiger partial charge in [-0.2, -0.15) is 0 Å². The summed E-state index contributed by atoms with van der Waals surface area (Å²) in [5.74, 6) is -0.225. The zero-order valence-corrected chi connectivity index (χ0v) is 16.0. The van der Waals surface area contributed by atoms with E-state index < -0.39 is 0 Å². The van der Waals surface area contributed by atoms with Crippen LogP contribution in [0.5, 0.6) is 0 Å². The van der Waals surface area contributed by atoms with Gasteiger partial charge in [-0.15, -0.1) is 0 Å². The fourth-order valence-corrected chi connectivity index (χ4v) is 3.47. The van der Waals surface area contributed by atoms with Gasteiger partial charge in [0.05, 0.1) is 23.9 Å². The highest BCUT2D eigenvalue weighted by molar-refractivity contribution is 6.14. The van der Waals surface area contributed by atoms with Crippen LogP contribution in [0.2, 0.25) is 0 Å². The van der Waals surface area contributed by atoms with Crippen molar-refractivity contribution in [1.29, 1.82) is 0 Å². The number of nitrogens with zero attached hydrogens (tertiary/aromatic N) is 1. The summed E-state index contributed by atoms with van der Waals surface area (Å²) in [5, 5.41) is 2.95. The van der Waals surface area contributed by atoms with Crippen molar-refractivity contribution in [2.75, 3.05) is 18.4 Å². The molecule has 1 N–H and O–H groups in total. The summed E-state index contributed by atoms with van der Waals surface area (Å²) in [6, 6.07) is 15.9. The van der Waals surface area contributed by atoms with E-state index in [1.54, 1.807) is 30.3 Å². The highest BCUT2D eigenvalue weighted by atomic mass is 16.5. The number of ether oxygens (including phenoxy) is 1. The van der Waals surface area contributed by atoms with Crippen LogP contribution < -0.4 is 5.32 Å². The fourth-order valence-electron chi connectivity index (χ4n) is 3.47. The van der Waals surface area contributed by atoms with E-state index in [1.807, 2.05) is 45.0 Å². The molecule has 1 amide bonds. The van der Waals surface area contributed by atoms with Crippen LogP contribution in [0, 0.1) is 0 Å². The van der Waals surface area contributed by atoms with Crippen LogP contribution in [0.15, 0.2) is 54.6 Å². The van der Waals surface area contributed by atoms with E-state index in [-0.39, 0.29) is 29.9 Å². The van der Waals surface area contributed by atoms with Crippen molar-refractivity contribution in [2.24, 2.45) is 0 Å². The molecule has 1 aliphatic heterocycles. The summed E-state index contributed by atoms with van der Waals surface area (Å²) in [6.07, 6.45) is 0.187. The van der Waals surface area contributed by atoms with Crippen LogP contribution in [0.3, 0.4) is 0 Å². The minimum atomic E-state index is -0.307. The smallest absolute Gasteiger partial charge is 0.241 e. The van der Waals surface area contributed by atoms with Crippen molar-refractivity contribution >= 4 is 17.4 Å². The third-order valence-corrected chi connectivity index (χ3v) is 4.84. The molecule has 0 aliphatic carbocycles. The topological polar surface area (TPSA) is 58.6 Å². The molecule has 1 fully saturated rings. The first kappa shape index (κ1) is 19.3. The van der Waals surface area contributed by atoms with E-state index in [0.717, 1.165) is 0 Å². The molecule has 1 heterocycles. The molecule has 3 atom stereocenters. The Kier molecular flexibility index (Phi) is 6.04. The van der Waals surface area contributed by atoms with Crippen LogP contribution in [0.1, 0.15) is 36.7 Å². The van der Waals surface area contributed by atoms with E-state index in [2.05, 4.69) is 10.2 Å². The van der Waals surface area contributed by atoms with Crippen molar-refractivity contribution in [2.45, 2.75) is 39.0 Å². The molecule has 2 aromatic rings. The number of ketones is 1. The Bertz CT molecular complexity index is 796. The van der Waals surface area contributed by atoms with Gasteiger partial charge in [0.25, 0.3) is 0 Å². The number of morpholine rings is 1. The Morgan fingerprint density at radius 3 is 2.26 bits per heavy atom. The van der Waals surface area contributed by atoms with Gasteiger partial charge < -0.3 is 10.1 Å². The van der Waals surface area contributed by atoms with E-state index in [0.29, 0.717) is 29.9 Å². The lowest BCUT2D eigenvalue weighted by Gasteiger charge is -2.38. The Morgan fingerprint density at radius 2 is 1.59 bits per heavy atom. The number of hydrogen-bond donors (Lipinski definition) is 1. The molecule has 0 spiro atoms. The zero-order valence-electron chi connectivity index (χ0n) is 16.0. The minimum Gasteiger partial charge on any atom is -0.373 e. The average molecular weight is 366 g/mol. The van der Waals surface area contributed by atoms with E-state index in [4.69, 9.17) is 4.74 Å². The van der Waals surface area contributed by atoms with Gasteiger partial charge in [-0.05, 0) is 32.9 Å². The molecule has 27 heavy (non-hydrogen) atoms. The third-order valence-electron chi connectivity index (χ3n) is 4.84. The molecule has 1 saturated heterocycles. The van der Waals surface area contributed by atoms with E-state index >= 15 is 0 Å². The maximum atomic E-state index is 12.8. The number of para-hydroxylation sites is 1. The van der Waals surface area contributed by atoms with Crippen LogP contribution in [-0.4, -0.2) is 47.9 Å². The monoisotopic (exact) mass is 366 g/mol. The first-order valence-electron chi connectivity index (χ1n) is 9.35. The van der Waals surface area contributed by atoms with Crippen molar-refractivity contribution in [3.05, 3.63) is 65.7 Å². The molecular weight excluding hydrogens is 340 g/mol. The SMILES string of the molecule is C[C@@H]1CN([C@H](C)C(=O)Nc2ccccc2C(=O)c2ccccc2)C[C@@H](C)O1. The second-order valence-electron chi connectivity index (χ2n) is 7.12. The van der Waals surface area contributed by atoms with Gasteiger partial charge in [-0.1, -0.05) is 42.5 Å². The van der Waals surface area contributed by atoms with Crippen molar-refractivity contribution in [1.82, 2.24) is 4.90 Å². The molecule has 5 heteroatoms. The lowest BCUT2D eigenvalue weighted by atomic mass is 10.0. The second kappa shape index (κ2) is 8.46. The second-order valence-corrected chi connectivity index (χ2v) is 7.12. The molecule has 3 rings (SSSR count). The third kappa shape index (κ3) is 4.62. The summed E-state index contributed by atoms with van der Waals surface area (Å²) >= 11 is 0. The van der Waals surface area contributed by atoms with Crippen molar-refractivity contribution < 1.29 is 14.3 Å². The van der Waals surface area contributed by atoms with Gasteiger partial charge in [0.15, 0.2) is 5.78 Å². The zero-order chi connectivity index (χ0) is 19.4. The molecule has 5 nitrogen and oxygen atoms in total. The first-order valence-corrected chi connectivity index (χ1v) is 9.35. The van der Waals surface area contributed by atoms with Gasteiger partial charge in [0.1, 0.15) is 0 Å². The summed E-state index contributed by atoms with van der Waals surface area (Å²) in [4.78, 5) is 27.8. The molecule has 0 radical (unpaired) electrons. The van der Waals surface area contributed by atoms with Crippen LogP contribution in [-0.2, 0) is 9.53 Å². The molecule has 0 aromatic heterocycles. The molecule has 142 valence electrons. The Morgan fingerprint density at radius 1 is 1.00 bits per heavy atom. The van der Waals surface area contributed by atoms with Gasteiger partial charge >= 0.3 is 0 Å². The number of rotatable bonds is 5. The highest BCUT2D eigenvalue weighted by Crippen LogP contribution is 2.21. The molecule has 1 aliphatic rings. The summed E-state index contributed by atoms with van der Waals surface area (Å²) in [6.45, 7) is 7.34. The standard InChI is InChI=1S/C22H26N2O3/c1-15-13-24(14-16(2)27-15)17(3)22(26)23-20-12-8-7-11-19(20)21(25)18-9-5-4-6-10-18/h4-12,15-17H,13-14H2,1-3H3,(H,23,26)/t15-,16-,17-/m1/s1. The number of hydrogen-bond acceptors (Lipinski definition) is 4. The number of nitrogens with one attached hydrogen (secondary N) is 1. The van der Waals surface area contributed by atoms with E-state index in [9.17, 15) is 9.59 Å². The van der Waals surface area contributed by atoms with Crippen molar-refractivity contribution in [3.8, 4) is 0 Å². The Hall–Kier alpha value is -2.50. The first-order chi connectivity index (χ1) is 13.0. The van der Waals surface area contributed by atoms with Gasteiger partial charge in [0.2, 0.25) is 5.91 Å². The van der Waals surface area contributed by atoms with Crippen molar-refractivity contribution in [3.63, 3.8) is 0 Å². The molecule has 2 aromatic carbocycles. The fraction of sp³-hybridized carbons (Fsp3) is 0.364. The highest BCUT2D eigenvalue weighted by Gasteiger charge is 2.29. The number of amides is 1. The summed E-state index contributed by atoms with van der Waals surface area (Å²) < 4.78 is 5.75. The summed E-state index contributed by atoms with van der Waals surface area (Å²) in [5.41, 5.74) is 1.63. The lowest BCUT2D eigenvalue weighted by molar-refractivity contribution is -0.126. The number of carbonyl (C=O) groups excluding carboxylic acids is 2. The molecule has 0 bridgehead atoms. The predicted octanol–water partition coefficient (Wildman–Crippen LogP) is 3.35. The minimum absolute atomic E-state index is 0.0935. The maximum absolute atomic E-state index is 12.8. The predicted molar refractivity (Wildman–Crippen MR) is 106 cm³/mol. The summed E-state index contributed by atoms with van der Waals surface area (Å²) in [7, 11) is 0. The van der Waals surface area contributed by atoms with Crippen LogP contribution >= 0.6 is 0 Å². The van der Waals surface area contributed by atoms with Crippen LogP contribution in [0.4, 0.5) is 5.69 Å². The van der Waals surface area contributed by atoms with Gasteiger partial charge in [0, 0.05) is 24.2 Å². The van der Waals surface area contributed by atoms with E-state index in [1.165, 1.54) is 0 Å². The Labute approximate surface area is 160 Å². The quantitative estimate of drug-likeness (QED) is 0.825. The Balaban J connectivity index is 1.76. The largest absolute Gasteiger partial charge is 0.373 e. The number of carbonyl (C=O) groups is 2. The normalized spacial score (nSPS) is 21.4. The lowest BCUT2D eigenvalue weighted by Crippen LogP contribution is -2.52. The van der Waals surface area contributed by atoms with Gasteiger partial charge in [-0.3, -0.25) is 14.5 Å².